The first-order chi connectivity index (χ1) is 8.48. The van der Waals surface area contributed by atoms with Crippen LogP contribution in [0.25, 0.3) is 0 Å². The van der Waals surface area contributed by atoms with Crippen LogP contribution in [0.1, 0.15) is 64.1 Å². The number of hydrogen-bond donors (Lipinski definition) is 0. The maximum atomic E-state index is 2.62. The van der Waals surface area contributed by atoms with E-state index in [-0.39, 0.29) is 5.41 Å². The van der Waals surface area contributed by atoms with Gasteiger partial charge in [0.25, 0.3) is 0 Å². The minimum atomic E-state index is 0.257. The fourth-order valence-electron chi connectivity index (χ4n) is 2.78. The van der Waals surface area contributed by atoms with E-state index >= 15 is 0 Å². The Labute approximate surface area is 112 Å². The van der Waals surface area contributed by atoms with Crippen LogP contribution in [0.2, 0.25) is 0 Å². The Balaban J connectivity index is 2.09. The second-order valence-electron chi connectivity index (χ2n) is 6.64. The van der Waals surface area contributed by atoms with E-state index < -0.39 is 0 Å². The SMILES string of the molecule is CC(c1ccc(C(C)(C)C)cc1)N1CCCCC1. The minimum Gasteiger partial charge on any atom is -0.297 e. The van der Waals surface area contributed by atoms with Gasteiger partial charge in [0.2, 0.25) is 0 Å². The fraction of sp³-hybridized carbons (Fsp3) is 0.647. The Morgan fingerprint density at radius 3 is 2.00 bits per heavy atom. The van der Waals surface area contributed by atoms with E-state index in [0.29, 0.717) is 6.04 Å². The summed E-state index contributed by atoms with van der Waals surface area (Å²) in [6, 6.07) is 9.81. The van der Waals surface area contributed by atoms with Gasteiger partial charge in [-0.05, 0) is 49.4 Å². The first kappa shape index (κ1) is 13.6. The van der Waals surface area contributed by atoms with Gasteiger partial charge in [-0.1, -0.05) is 51.5 Å². The van der Waals surface area contributed by atoms with E-state index in [9.17, 15) is 0 Å². The molecule has 1 heterocycles. The average molecular weight is 245 g/mol. The van der Waals surface area contributed by atoms with E-state index in [1.54, 1.807) is 0 Å². The summed E-state index contributed by atoms with van der Waals surface area (Å²) >= 11 is 0. The molecule has 0 saturated carbocycles. The van der Waals surface area contributed by atoms with Crippen LogP contribution < -0.4 is 0 Å². The van der Waals surface area contributed by atoms with Gasteiger partial charge in [-0.3, -0.25) is 4.90 Å². The normalized spacial score (nSPS) is 19.8. The molecule has 0 bridgehead atoms. The highest BCUT2D eigenvalue weighted by molar-refractivity contribution is 5.29. The quantitative estimate of drug-likeness (QED) is 0.740. The molecule has 0 aromatic heterocycles. The molecular weight excluding hydrogens is 218 g/mol. The van der Waals surface area contributed by atoms with Crippen LogP contribution in [-0.4, -0.2) is 18.0 Å². The van der Waals surface area contributed by atoms with Crippen molar-refractivity contribution in [1.29, 1.82) is 0 Å². The van der Waals surface area contributed by atoms with Gasteiger partial charge in [-0.2, -0.15) is 0 Å². The molecule has 0 aliphatic carbocycles. The lowest BCUT2D eigenvalue weighted by Crippen LogP contribution is -2.32. The Kier molecular flexibility index (Phi) is 4.11. The maximum absolute atomic E-state index is 2.62. The van der Waals surface area contributed by atoms with Crippen molar-refractivity contribution in [2.75, 3.05) is 13.1 Å². The molecule has 1 heteroatoms. The number of rotatable bonds is 2. The van der Waals surface area contributed by atoms with Crippen molar-refractivity contribution in [1.82, 2.24) is 4.90 Å². The van der Waals surface area contributed by atoms with Crippen LogP contribution >= 0.6 is 0 Å². The Morgan fingerprint density at radius 2 is 1.50 bits per heavy atom. The lowest BCUT2D eigenvalue weighted by atomic mass is 9.86. The van der Waals surface area contributed by atoms with Gasteiger partial charge in [0.05, 0.1) is 0 Å². The summed E-state index contributed by atoms with van der Waals surface area (Å²) in [7, 11) is 0. The van der Waals surface area contributed by atoms with Gasteiger partial charge in [0.15, 0.2) is 0 Å². The Morgan fingerprint density at radius 1 is 0.944 bits per heavy atom. The predicted octanol–water partition coefficient (Wildman–Crippen LogP) is 4.53. The first-order valence-corrected chi connectivity index (χ1v) is 7.33. The molecule has 0 amide bonds. The van der Waals surface area contributed by atoms with Crippen LogP contribution in [0.4, 0.5) is 0 Å². The molecular formula is C17H27N. The van der Waals surface area contributed by atoms with E-state index in [1.807, 2.05) is 0 Å². The molecule has 1 unspecified atom stereocenters. The van der Waals surface area contributed by atoms with Crippen molar-refractivity contribution in [3.8, 4) is 0 Å². The molecule has 1 aliphatic heterocycles. The van der Waals surface area contributed by atoms with Crippen molar-refractivity contribution >= 4 is 0 Å². The molecule has 0 N–H and O–H groups in total. The third-order valence-corrected chi connectivity index (χ3v) is 4.20. The van der Waals surface area contributed by atoms with Gasteiger partial charge < -0.3 is 0 Å². The molecule has 1 aromatic rings. The highest BCUT2D eigenvalue weighted by atomic mass is 15.2. The summed E-state index contributed by atoms with van der Waals surface area (Å²) in [6.07, 6.45) is 4.14. The van der Waals surface area contributed by atoms with Crippen LogP contribution in [-0.2, 0) is 5.41 Å². The number of likely N-dealkylation sites (tertiary alicyclic amines) is 1. The standard InChI is InChI=1S/C17H27N/c1-14(18-12-6-5-7-13-18)15-8-10-16(11-9-15)17(2,3)4/h8-11,14H,5-7,12-13H2,1-4H3. The molecule has 2 rings (SSSR count). The number of benzene rings is 1. The second-order valence-corrected chi connectivity index (χ2v) is 6.64. The van der Waals surface area contributed by atoms with Crippen molar-refractivity contribution in [3.63, 3.8) is 0 Å². The van der Waals surface area contributed by atoms with Gasteiger partial charge in [0.1, 0.15) is 0 Å². The smallest absolute Gasteiger partial charge is 0.0319 e. The molecule has 0 spiro atoms. The second kappa shape index (κ2) is 5.44. The summed E-state index contributed by atoms with van der Waals surface area (Å²) in [5.74, 6) is 0. The molecule has 1 fully saturated rings. The third kappa shape index (κ3) is 3.14. The van der Waals surface area contributed by atoms with Crippen molar-refractivity contribution < 1.29 is 0 Å². The summed E-state index contributed by atoms with van der Waals surface area (Å²) in [4.78, 5) is 2.62. The fourth-order valence-corrected chi connectivity index (χ4v) is 2.78. The summed E-state index contributed by atoms with van der Waals surface area (Å²) in [5, 5.41) is 0. The third-order valence-electron chi connectivity index (χ3n) is 4.20. The van der Waals surface area contributed by atoms with Crippen molar-refractivity contribution in [2.45, 2.75) is 58.4 Å². The zero-order valence-electron chi connectivity index (χ0n) is 12.4. The lowest BCUT2D eigenvalue weighted by molar-refractivity contribution is 0.175. The molecule has 0 radical (unpaired) electrons. The molecule has 1 atom stereocenters. The Hall–Kier alpha value is -0.820. The minimum absolute atomic E-state index is 0.257. The van der Waals surface area contributed by atoms with Crippen molar-refractivity contribution in [2.24, 2.45) is 0 Å². The molecule has 1 aromatic carbocycles. The predicted molar refractivity (Wildman–Crippen MR) is 79.0 cm³/mol. The molecule has 1 aliphatic rings. The largest absolute Gasteiger partial charge is 0.297 e. The topological polar surface area (TPSA) is 3.24 Å². The van der Waals surface area contributed by atoms with Crippen LogP contribution in [0.3, 0.4) is 0 Å². The molecule has 18 heavy (non-hydrogen) atoms. The summed E-state index contributed by atoms with van der Waals surface area (Å²) in [6.45, 7) is 11.7. The highest BCUT2D eigenvalue weighted by Crippen LogP contribution is 2.27. The zero-order valence-corrected chi connectivity index (χ0v) is 12.4. The van der Waals surface area contributed by atoms with Crippen LogP contribution in [0.5, 0.6) is 0 Å². The van der Waals surface area contributed by atoms with Gasteiger partial charge in [-0.25, -0.2) is 0 Å². The van der Waals surface area contributed by atoms with Crippen LogP contribution in [0.15, 0.2) is 24.3 Å². The first-order valence-electron chi connectivity index (χ1n) is 7.33. The highest BCUT2D eigenvalue weighted by Gasteiger charge is 2.19. The van der Waals surface area contributed by atoms with E-state index in [1.165, 1.54) is 43.5 Å². The van der Waals surface area contributed by atoms with E-state index in [2.05, 4.69) is 56.9 Å². The number of hydrogen-bond acceptors (Lipinski definition) is 1. The Bertz CT molecular complexity index is 366. The van der Waals surface area contributed by atoms with Gasteiger partial charge in [-0.15, -0.1) is 0 Å². The maximum Gasteiger partial charge on any atom is 0.0319 e. The van der Waals surface area contributed by atoms with E-state index in [0.717, 1.165) is 0 Å². The van der Waals surface area contributed by atoms with Gasteiger partial charge >= 0.3 is 0 Å². The van der Waals surface area contributed by atoms with Gasteiger partial charge in [0, 0.05) is 6.04 Å². The lowest BCUT2D eigenvalue weighted by Gasteiger charge is -2.33. The molecule has 1 saturated heterocycles. The zero-order chi connectivity index (χ0) is 13.2. The monoisotopic (exact) mass is 245 g/mol. The molecule has 1 nitrogen and oxygen atoms in total. The summed E-state index contributed by atoms with van der Waals surface area (Å²) in [5.41, 5.74) is 3.15. The summed E-state index contributed by atoms with van der Waals surface area (Å²) < 4.78 is 0. The van der Waals surface area contributed by atoms with Crippen LogP contribution in [0, 0.1) is 0 Å². The number of piperidine rings is 1. The molecule has 100 valence electrons. The van der Waals surface area contributed by atoms with Crippen molar-refractivity contribution in [3.05, 3.63) is 35.4 Å². The van der Waals surface area contributed by atoms with E-state index in [4.69, 9.17) is 0 Å². The number of nitrogens with zero attached hydrogens (tertiary/aromatic N) is 1. The average Bonchev–Trinajstić information content (AvgIpc) is 2.38.